The van der Waals surface area contributed by atoms with Crippen LogP contribution in [0.5, 0.6) is 0 Å². The summed E-state index contributed by atoms with van der Waals surface area (Å²) in [6.45, 7) is 3.02. The highest BCUT2D eigenvalue weighted by atomic mass is 16.2. The molecule has 0 aromatic carbocycles. The van der Waals surface area contributed by atoms with Gasteiger partial charge in [0.1, 0.15) is 6.04 Å². The van der Waals surface area contributed by atoms with E-state index in [-0.39, 0.29) is 29.8 Å². The maximum atomic E-state index is 13.1. The monoisotopic (exact) mass is 318 g/mol. The van der Waals surface area contributed by atoms with E-state index in [1.807, 2.05) is 21.8 Å². The number of nitrogens with zero attached hydrogens (tertiary/aromatic N) is 3. The highest BCUT2D eigenvalue weighted by Crippen LogP contribution is 2.30. The van der Waals surface area contributed by atoms with Crippen LogP contribution in [-0.4, -0.2) is 45.1 Å². The smallest absolute Gasteiger partial charge is 0.245 e. The summed E-state index contributed by atoms with van der Waals surface area (Å²) >= 11 is 0. The molecule has 0 bridgehead atoms. The number of carbonyl (C=O) groups is 2. The van der Waals surface area contributed by atoms with Crippen molar-refractivity contribution in [1.29, 1.82) is 0 Å². The summed E-state index contributed by atoms with van der Waals surface area (Å²) in [6.07, 6.45) is 10.1. The van der Waals surface area contributed by atoms with Gasteiger partial charge in [0, 0.05) is 25.9 Å². The lowest BCUT2D eigenvalue weighted by Crippen LogP contribution is -2.53. The largest absolute Gasteiger partial charge is 0.344 e. The standard InChI is InChI=1S/C17H26N4O2/c1-13(22)19-16(14-6-2-3-7-14)17(23)21-11-4-8-15(21)12-20-10-5-9-18-20/h5,9-10,14-16H,2-4,6-8,11-12H2,1H3,(H,19,22)/t15-,16-/m0/s1. The van der Waals surface area contributed by atoms with Crippen molar-refractivity contribution in [1.82, 2.24) is 20.0 Å². The van der Waals surface area contributed by atoms with Crippen LogP contribution in [0.4, 0.5) is 0 Å². The average Bonchev–Trinajstić information content (AvgIpc) is 3.26. The van der Waals surface area contributed by atoms with Gasteiger partial charge in [-0.1, -0.05) is 12.8 Å². The number of rotatable bonds is 5. The lowest BCUT2D eigenvalue weighted by atomic mass is 9.96. The van der Waals surface area contributed by atoms with Crippen molar-refractivity contribution < 1.29 is 9.59 Å². The zero-order chi connectivity index (χ0) is 16.2. The first-order valence-corrected chi connectivity index (χ1v) is 8.70. The molecule has 0 radical (unpaired) electrons. The van der Waals surface area contributed by atoms with Crippen LogP contribution in [0.15, 0.2) is 18.5 Å². The molecule has 126 valence electrons. The summed E-state index contributed by atoms with van der Waals surface area (Å²) in [5, 5.41) is 7.18. The molecule has 1 N–H and O–H groups in total. The quantitative estimate of drug-likeness (QED) is 0.896. The molecule has 0 unspecified atom stereocenters. The van der Waals surface area contributed by atoms with Crippen LogP contribution in [0.25, 0.3) is 0 Å². The molecule has 2 heterocycles. The molecule has 1 aliphatic carbocycles. The Morgan fingerprint density at radius 3 is 2.70 bits per heavy atom. The van der Waals surface area contributed by atoms with E-state index >= 15 is 0 Å². The minimum atomic E-state index is -0.353. The lowest BCUT2D eigenvalue weighted by molar-refractivity contribution is -0.138. The third kappa shape index (κ3) is 3.74. The highest BCUT2D eigenvalue weighted by molar-refractivity contribution is 5.87. The molecule has 1 aromatic rings. The van der Waals surface area contributed by atoms with Crippen LogP contribution in [0.3, 0.4) is 0 Å². The van der Waals surface area contributed by atoms with Crippen molar-refractivity contribution >= 4 is 11.8 Å². The van der Waals surface area contributed by atoms with Gasteiger partial charge in [-0.2, -0.15) is 5.10 Å². The van der Waals surface area contributed by atoms with Gasteiger partial charge in [0.15, 0.2) is 0 Å². The molecule has 1 saturated carbocycles. The SMILES string of the molecule is CC(=O)N[C@H](C(=O)N1CCC[C@H]1Cn1cccn1)C1CCCC1. The Balaban J connectivity index is 1.70. The molecular weight excluding hydrogens is 292 g/mol. The van der Waals surface area contributed by atoms with E-state index in [4.69, 9.17) is 0 Å². The Morgan fingerprint density at radius 1 is 1.26 bits per heavy atom. The molecule has 3 rings (SSSR count). The van der Waals surface area contributed by atoms with Gasteiger partial charge in [-0.3, -0.25) is 14.3 Å². The number of likely N-dealkylation sites (tertiary alicyclic amines) is 1. The van der Waals surface area contributed by atoms with E-state index in [1.165, 1.54) is 6.92 Å². The van der Waals surface area contributed by atoms with Gasteiger partial charge in [0.05, 0.1) is 12.6 Å². The number of carbonyl (C=O) groups excluding carboxylic acids is 2. The molecule has 6 heteroatoms. The second-order valence-electron chi connectivity index (χ2n) is 6.78. The van der Waals surface area contributed by atoms with Crippen molar-refractivity contribution in [3.63, 3.8) is 0 Å². The van der Waals surface area contributed by atoms with Crippen LogP contribution in [0, 0.1) is 5.92 Å². The summed E-state index contributed by atoms with van der Waals surface area (Å²) in [5.41, 5.74) is 0. The number of amides is 2. The fraction of sp³-hybridized carbons (Fsp3) is 0.706. The molecule has 1 saturated heterocycles. The summed E-state index contributed by atoms with van der Waals surface area (Å²) in [4.78, 5) is 26.6. The van der Waals surface area contributed by atoms with Crippen LogP contribution in [0.2, 0.25) is 0 Å². The van der Waals surface area contributed by atoms with Gasteiger partial charge in [-0.15, -0.1) is 0 Å². The zero-order valence-electron chi connectivity index (χ0n) is 13.8. The molecular formula is C17H26N4O2. The Labute approximate surface area is 137 Å². The maximum absolute atomic E-state index is 13.1. The van der Waals surface area contributed by atoms with E-state index in [0.717, 1.165) is 51.6 Å². The molecule has 2 atom stereocenters. The van der Waals surface area contributed by atoms with E-state index in [9.17, 15) is 9.59 Å². The van der Waals surface area contributed by atoms with Gasteiger partial charge < -0.3 is 10.2 Å². The van der Waals surface area contributed by atoms with Crippen molar-refractivity contribution in [2.45, 2.75) is 64.1 Å². The first-order valence-electron chi connectivity index (χ1n) is 8.70. The predicted molar refractivity (Wildman–Crippen MR) is 86.5 cm³/mol. The summed E-state index contributed by atoms with van der Waals surface area (Å²) in [7, 11) is 0. The predicted octanol–water partition coefficient (Wildman–Crippen LogP) is 1.57. The molecule has 0 spiro atoms. The molecule has 2 aliphatic rings. The van der Waals surface area contributed by atoms with Crippen LogP contribution >= 0.6 is 0 Å². The Hall–Kier alpha value is -1.85. The Morgan fingerprint density at radius 2 is 2.04 bits per heavy atom. The van der Waals surface area contributed by atoms with E-state index < -0.39 is 0 Å². The van der Waals surface area contributed by atoms with E-state index in [1.54, 1.807) is 6.20 Å². The van der Waals surface area contributed by atoms with E-state index in [2.05, 4.69) is 10.4 Å². The highest BCUT2D eigenvalue weighted by Gasteiger charge is 2.38. The number of hydrogen-bond donors (Lipinski definition) is 1. The molecule has 2 amide bonds. The molecule has 1 aromatic heterocycles. The first kappa shape index (κ1) is 16.0. The number of aromatic nitrogens is 2. The zero-order valence-corrected chi connectivity index (χ0v) is 13.8. The van der Waals surface area contributed by atoms with E-state index in [0.29, 0.717) is 0 Å². The normalized spacial score (nSPS) is 23.2. The Kier molecular flexibility index (Phi) is 4.98. The maximum Gasteiger partial charge on any atom is 0.245 e. The van der Waals surface area contributed by atoms with Crippen LogP contribution in [0.1, 0.15) is 45.4 Å². The minimum Gasteiger partial charge on any atom is -0.344 e. The van der Waals surface area contributed by atoms with Crippen LogP contribution in [-0.2, 0) is 16.1 Å². The van der Waals surface area contributed by atoms with Crippen molar-refractivity contribution in [3.05, 3.63) is 18.5 Å². The topological polar surface area (TPSA) is 67.2 Å². The third-order valence-electron chi connectivity index (χ3n) is 5.11. The first-order chi connectivity index (χ1) is 11.1. The molecule has 2 fully saturated rings. The van der Waals surface area contributed by atoms with Gasteiger partial charge in [-0.25, -0.2) is 0 Å². The number of hydrogen-bond acceptors (Lipinski definition) is 3. The number of nitrogens with one attached hydrogen (secondary N) is 1. The van der Waals surface area contributed by atoms with Gasteiger partial charge >= 0.3 is 0 Å². The molecule has 6 nitrogen and oxygen atoms in total. The summed E-state index contributed by atoms with van der Waals surface area (Å²) in [5.74, 6) is 0.275. The fourth-order valence-electron chi connectivity index (χ4n) is 4.01. The minimum absolute atomic E-state index is 0.0988. The van der Waals surface area contributed by atoms with Crippen molar-refractivity contribution in [2.24, 2.45) is 5.92 Å². The molecule has 1 aliphatic heterocycles. The lowest BCUT2D eigenvalue weighted by Gasteiger charge is -2.31. The average molecular weight is 318 g/mol. The summed E-state index contributed by atoms with van der Waals surface area (Å²) in [6, 6.07) is 1.73. The fourth-order valence-corrected chi connectivity index (χ4v) is 4.01. The van der Waals surface area contributed by atoms with Gasteiger partial charge in [-0.05, 0) is 37.7 Å². The molecule has 23 heavy (non-hydrogen) atoms. The van der Waals surface area contributed by atoms with Crippen molar-refractivity contribution in [2.75, 3.05) is 6.54 Å². The van der Waals surface area contributed by atoms with Gasteiger partial charge in [0.25, 0.3) is 0 Å². The van der Waals surface area contributed by atoms with Crippen LogP contribution < -0.4 is 5.32 Å². The van der Waals surface area contributed by atoms with Crippen molar-refractivity contribution in [3.8, 4) is 0 Å². The van der Waals surface area contributed by atoms with Gasteiger partial charge in [0.2, 0.25) is 11.8 Å². The third-order valence-corrected chi connectivity index (χ3v) is 5.11. The summed E-state index contributed by atoms with van der Waals surface area (Å²) < 4.78 is 1.89. The Bertz CT molecular complexity index is 537. The second-order valence-corrected chi connectivity index (χ2v) is 6.78. The second kappa shape index (κ2) is 7.15.